The number of nitrogens with two attached hydrogens (primary N) is 1. The summed E-state index contributed by atoms with van der Waals surface area (Å²) < 4.78 is 27.5. The van der Waals surface area contributed by atoms with E-state index in [9.17, 15) is 8.78 Å². The molecule has 2 N–H and O–H groups in total. The maximum absolute atomic E-state index is 13.6. The van der Waals surface area contributed by atoms with Gasteiger partial charge in [-0.15, -0.1) is 0 Å². The van der Waals surface area contributed by atoms with Crippen LogP contribution in [0.2, 0.25) is 5.02 Å². The molecule has 1 nitrogen and oxygen atoms in total. The molecular weight excluding hydrogens is 336 g/mol. The van der Waals surface area contributed by atoms with Gasteiger partial charge in [0.1, 0.15) is 0 Å². The fraction of sp³-hybridized carbons (Fsp3) is 0.143. The third-order valence-corrected chi connectivity index (χ3v) is 3.76. The Morgan fingerprint density at radius 1 is 1.21 bits per heavy atom. The van der Waals surface area contributed by atoms with E-state index in [1.165, 1.54) is 12.1 Å². The Bertz CT molecular complexity index is 604. The molecule has 0 aliphatic rings. The smallest absolute Gasteiger partial charge is 0.162 e. The molecule has 0 spiro atoms. The Morgan fingerprint density at radius 2 is 1.95 bits per heavy atom. The molecule has 19 heavy (non-hydrogen) atoms. The van der Waals surface area contributed by atoms with Gasteiger partial charge in [-0.3, -0.25) is 0 Å². The summed E-state index contributed by atoms with van der Waals surface area (Å²) in [5, 5.41) is 0.583. The summed E-state index contributed by atoms with van der Waals surface area (Å²) in [6, 6.07) is 8.85. The van der Waals surface area contributed by atoms with Gasteiger partial charge in [0.25, 0.3) is 0 Å². The molecule has 0 bridgehead atoms. The van der Waals surface area contributed by atoms with Crippen molar-refractivity contribution in [3.05, 3.63) is 68.7 Å². The van der Waals surface area contributed by atoms with E-state index in [-0.39, 0.29) is 12.0 Å². The van der Waals surface area contributed by atoms with Gasteiger partial charge < -0.3 is 5.73 Å². The van der Waals surface area contributed by atoms with Crippen molar-refractivity contribution in [2.45, 2.75) is 12.5 Å². The Labute approximate surface area is 123 Å². The quantitative estimate of drug-likeness (QED) is 0.862. The molecule has 0 amide bonds. The highest BCUT2D eigenvalue weighted by atomic mass is 79.9. The first kappa shape index (κ1) is 14.4. The Balaban J connectivity index is 2.25. The summed E-state index contributed by atoms with van der Waals surface area (Å²) in [7, 11) is 0. The molecule has 0 saturated heterocycles. The second-order valence-corrected chi connectivity index (χ2v) is 5.48. The van der Waals surface area contributed by atoms with E-state index in [1.54, 1.807) is 18.2 Å². The number of hydrogen-bond acceptors (Lipinski definition) is 1. The predicted molar refractivity (Wildman–Crippen MR) is 76.1 cm³/mol. The van der Waals surface area contributed by atoms with Crippen LogP contribution in [0.1, 0.15) is 17.2 Å². The topological polar surface area (TPSA) is 26.0 Å². The largest absolute Gasteiger partial charge is 0.324 e. The zero-order valence-electron chi connectivity index (χ0n) is 9.84. The molecule has 0 fully saturated rings. The van der Waals surface area contributed by atoms with Crippen molar-refractivity contribution < 1.29 is 8.78 Å². The second-order valence-electron chi connectivity index (χ2n) is 4.19. The summed E-state index contributed by atoms with van der Waals surface area (Å²) in [6.45, 7) is 0. The lowest BCUT2D eigenvalue weighted by molar-refractivity contribution is 0.494. The third kappa shape index (κ3) is 3.32. The molecule has 0 radical (unpaired) electrons. The standard InChI is InChI=1S/C14H11BrClF2N/c15-11-7-9(16)4-5-10(11)13(19)6-8-2-1-3-12(17)14(8)18/h1-5,7,13H,6,19H2. The predicted octanol–water partition coefficient (Wildman–Crippen LogP) is 4.62. The molecule has 0 aliphatic carbocycles. The van der Waals surface area contributed by atoms with Crippen molar-refractivity contribution in [1.82, 2.24) is 0 Å². The lowest BCUT2D eigenvalue weighted by atomic mass is 9.99. The summed E-state index contributed by atoms with van der Waals surface area (Å²) in [6.07, 6.45) is 0.212. The molecule has 2 aromatic carbocycles. The van der Waals surface area contributed by atoms with E-state index < -0.39 is 17.7 Å². The van der Waals surface area contributed by atoms with Crippen molar-refractivity contribution >= 4 is 27.5 Å². The van der Waals surface area contributed by atoms with Crippen LogP contribution in [0.5, 0.6) is 0 Å². The van der Waals surface area contributed by atoms with E-state index >= 15 is 0 Å². The summed E-state index contributed by atoms with van der Waals surface area (Å²) >= 11 is 9.21. The van der Waals surface area contributed by atoms with Gasteiger partial charge >= 0.3 is 0 Å². The number of halogens is 4. The molecule has 0 aromatic heterocycles. The van der Waals surface area contributed by atoms with Crippen LogP contribution in [0.3, 0.4) is 0 Å². The van der Waals surface area contributed by atoms with Crippen molar-refractivity contribution in [1.29, 1.82) is 0 Å². The lowest BCUT2D eigenvalue weighted by Crippen LogP contribution is -2.15. The first-order valence-corrected chi connectivity index (χ1v) is 6.79. The molecule has 2 aromatic rings. The van der Waals surface area contributed by atoms with Crippen molar-refractivity contribution in [3.63, 3.8) is 0 Å². The number of rotatable bonds is 3. The Morgan fingerprint density at radius 3 is 2.63 bits per heavy atom. The third-order valence-electron chi connectivity index (χ3n) is 2.83. The molecule has 5 heteroatoms. The van der Waals surface area contributed by atoms with E-state index in [2.05, 4.69) is 15.9 Å². The fourth-order valence-corrected chi connectivity index (χ4v) is 2.83. The van der Waals surface area contributed by atoms with Gasteiger partial charge in [0.2, 0.25) is 0 Å². The molecule has 2 rings (SSSR count). The van der Waals surface area contributed by atoms with Crippen LogP contribution in [0, 0.1) is 11.6 Å². The van der Waals surface area contributed by atoms with E-state index in [1.807, 2.05) is 0 Å². The van der Waals surface area contributed by atoms with Gasteiger partial charge in [-0.25, -0.2) is 8.78 Å². The highest BCUT2D eigenvalue weighted by Crippen LogP contribution is 2.28. The molecule has 100 valence electrons. The average molecular weight is 347 g/mol. The molecular formula is C14H11BrClF2N. The maximum Gasteiger partial charge on any atom is 0.162 e. The van der Waals surface area contributed by atoms with E-state index in [4.69, 9.17) is 17.3 Å². The minimum atomic E-state index is -0.861. The Hall–Kier alpha value is -0.970. The second kappa shape index (κ2) is 5.99. The average Bonchev–Trinajstić information content (AvgIpc) is 2.34. The summed E-state index contributed by atoms with van der Waals surface area (Å²) in [5.74, 6) is -1.71. The van der Waals surface area contributed by atoms with Crippen LogP contribution < -0.4 is 5.73 Å². The monoisotopic (exact) mass is 345 g/mol. The number of hydrogen-bond donors (Lipinski definition) is 1. The van der Waals surface area contributed by atoms with E-state index in [0.717, 1.165) is 16.1 Å². The first-order valence-electron chi connectivity index (χ1n) is 5.62. The van der Waals surface area contributed by atoms with Crippen LogP contribution in [-0.2, 0) is 6.42 Å². The van der Waals surface area contributed by atoms with Crippen LogP contribution in [0.4, 0.5) is 8.78 Å². The minimum absolute atomic E-state index is 0.212. The zero-order valence-corrected chi connectivity index (χ0v) is 12.2. The molecule has 0 heterocycles. The van der Waals surface area contributed by atoms with Crippen LogP contribution in [0.15, 0.2) is 40.9 Å². The van der Waals surface area contributed by atoms with Crippen molar-refractivity contribution in [2.75, 3.05) is 0 Å². The molecule has 0 saturated carbocycles. The van der Waals surface area contributed by atoms with Gasteiger partial charge in [-0.1, -0.05) is 45.7 Å². The van der Waals surface area contributed by atoms with E-state index in [0.29, 0.717) is 5.02 Å². The maximum atomic E-state index is 13.6. The highest BCUT2D eigenvalue weighted by Gasteiger charge is 2.15. The van der Waals surface area contributed by atoms with Gasteiger partial charge in [0.05, 0.1) is 0 Å². The fourth-order valence-electron chi connectivity index (χ4n) is 1.86. The Kier molecular flexibility index (Phi) is 4.55. The first-order chi connectivity index (χ1) is 8.99. The lowest BCUT2D eigenvalue weighted by Gasteiger charge is -2.15. The SMILES string of the molecule is NC(Cc1cccc(F)c1F)c1ccc(Cl)cc1Br. The zero-order chi connectivity index (χ0) is 14.0. The van der Waals surface area contributed by atoms with Crippen molar-refractivity contribution in [2.24, 2.45) is 5.73 Å². The van der Waals surface area contributed by atoms with Gasteiger partial charge in [-0.05, 0) is 35.7 Å². The highest BCUT2D eigenvalue weighted by molar-refractivity contribution is 9.10. The van der Waals surface area contributed by atoms with Gasteiger partial charge in [0.15, 0.2) is 11.6 Å². The number of benzene rings is 2. The summed E-state index contributed by atoms with van der Waals surface area (Å²) in [5.41, 5.74) is 7.09. The van der Waals surface area contributed by atoms with Gasteiger partial charge in [-0.2, -0.15) is 0 Å². The summed E-state index contributed by atoms with van der Waals surface area (Å²) in [4.78, 5) is 0. The normalized spacial score (nSPS) is 12.5. The van der Waals surface area contributed by atoms with Crippen molar-refractivity contribution in [3.8, 4) is 0 Å². The molecule has 0 aliphatic heterocycles. The molecule has 1 atom stereocenters. The van der Waals surface area contributed by atoms with Gasteiger partial charge in [0, 0.05) is 15.5 Å². The van der Waals surface area contributed by atoms with Crippen LogP contribution in [-0.4, -0.2) is 0 Å². The molecule has 1 unspecified atom stereocenters. The van der Waals surface area contributed by atoms with Crippen LogP contribution in [0.25, 0.3) is 0 Å². The van der Waals surface area contributed by atoms with Crippen LogP contribution >= 0.6 is 27.5 Å². The minimum Gasteiger partial charge on any atom is -0.324 e.